The largest absolute Gasteiger partial charge is 0.366 e. The summed E-state index contributed by atoms with van der Waals surface area (Å²) in [6.07, 6.45) is 2.11. The van der Waals surface area contributed by atoms with Crippen LogP contribution in [-0.2, 0) is 4.79 Å². The normalized spacial score (nSPS) is 14.9. The van der Waals surface area contributed by atoms with E-state index >= 15 is 0 Å². The van der Waals surface area contributed by atoms with Gasteiger partial charge in [0.15, 0.2) is 0 Å². The lowest BCUT2D eigenvalue weighted by Gasteiger charge is -2.16. The number of aromatic nitrogens is 2. The lowest BCUT2D eigenvalue weighted by Crippen LogP contribution is -2.34. The van der Waals surface area contributed by atoms with E-state index in [0.717, 1.165) is 18.5 Å². The number of nitrogens with two attached hydrogens (primary N) is 1. The molecule has 7 heteroatoms. The number of primary amides is 1. The first-order valence-corrected chi connectivity index (χ1v) is 7.77. The number of anilines is 1. The standard InChI is InChI=1S/C17H18N4O3/c1-10(21-15(22)9-8-13(20-21)11-6-7-11)17(24)19-14-5-3-2-4-12(14)16(18)23/h2-5,8-11H,6-7H2,1H3,(H2,18,23)(H,19,24). The lowest BCUT2D eigenvalue weighted by molar-refractivity contribution is -0.119. The molecule has 0 saturated heterocycles. The molecule has 0 spiro atoms. The molecule has 3 rings (SSSR count). The fourth-order valence-electron chi connectivity index (χ4n) is 2.47. The van der Waals surface area contributed by atoms with Gasteiger partial charge >= 0.3 is 0 Å². The van der Waals surface area contributed by atoms with E-state index in [9.17, 15) is 14.4 Å². The average Bonchev–Trinajstić information content (AvgIpc) is 3.40. The summed E-state index contributed by atoms with van der Waals surface area (Å²) in [7, 11) is 0. The van der Waals surface area contributed by atoms with Crippen LogP contribution in [0.15, 0.2) is 41.2 Å². The Hall–Kier alpha value is -2.96. The first kappa shape index (κ1) is 15.9. The molecular formula is C17H18N4O3. The summed E-state index contributed by atoms with van der Waals surface area (Å²) in [6, 6.07) is 8.79. The molecule has 2 aromatic rings. The molecule has 1 unspecified atom stereocenters. The van der Waals surface area contributed by atoms with Crippen LogP contribution in [0.5, 0.6) is 0 Å². The van der Waals surface area contributed by atoms with Crippen molar-refractivity contribution in [2.24, 2.45) is 5.73 Å². The van der Waals surface area contributed by atoms with E-state index in [1.54, 1.807) is 31.2 Å². The minimum absolute atomic E-state index is 0.213. The van der Waals surface area contributed by atoms with Gasteiger partial charge in [0.25, 0.3) is 11.5 Å². The zero-order valence-corrected chi connectivity index (χ0v) is 13.2. The highest BCUT2D eigenvalue weighted by Crippen LogP contribution is 2.38. The van der Waals surface area contributed by atoms with E-state index in [4.69, 9.17) is 5.73 Å². The summed E-state index contributed by atoms with van der Waals surface area (Å²) < 4.78 is 1.18. The molecular weight excluding hydrogens is 308 g/mol. The summed E-state index contributed by atoms with van der Waals surface area (Å²) in [5.41, 5.74) is 6.31. The minimum atomic E-state index is -0.808. The van der Waals surface area contributed by atoms with E-state index in [1.165, 1.54) is 16.8 Å². The van der Waals surface area contributed by atoms with Gasteiger partial charge in [0.1, 0.15) is 6.04 Å². The summed E-state index contributed by atoms with van der Waals surface area (Å²) in [5.74, 6) is -0.696. The van der Waals surface area contributed by atoms with Crippen LogP contribution in [0.25, 0.3) is 0 Å². The molecule has 124 valence electrons. The second-order valence-corrected chi connectivity index (χ2v) is 5.89. The Kier molecular flexibility index (Phi) is 4.16. The van der Waals surface area contributed by atoms with Crippen LogP contribution in [0.4, 0.5) is 5.69 Å². The average molecular weight is 326 g/mol. The molecule has 24 heavy (non-hydrogen) atoms. The Balaban J connectivity index is 1.84. The van der Waals surface area contributed by atoms with E-state index in [-0.39, 0.29) is 11.1 Å². The number of hydrogen-bond acceptors (Lipinski definition) is 4. The Labute approximate surface area is 138 Å². The van der Waals surface area contributed by atoms with Crippen LogP contribution < -0.4 is 16.6 Å². The highest BCUT2D eigenvalue weighted by molar-refractivity contribution is 6.03. The number of amides is 2. The van der Waals surface area contributed by atoms with Crippen LogP contribution in [0, 0.1) is 0 Å². The summed E-state index contributed by atoms with van der Waals surface area (Å²) in [5, 5.41) is 6.95. The third-order valence-corrected chi connectivity index (χ3v) is 4.04. The number of benzene rings is 1. The van der Waals surface area contributed by atoms with Crippen molar-refractivity contribution in [2.45, 2.75) is 31.7 Å². The van der Waals surface area contributed by atoms with Gasteiger partial charge in [0, 0.05) is 12.0 Å². The van der Waals surface area contributed by atoms with Crippen molar-refractivity contribution in [3.8, 4) is 0 Å². The number of nitrogens with one attached hydrogen (secondary N) is 1. The third-order valence-electron chi connectivity index (χ3n) is 4.04. The molecule has 2 amide bonds. The van der Waals surface area contributed by atoms with Crippen LogP contribution in [0.3, 0.4) is 0 Å². The molecule has 7 nitrogen and oxygen atoms in total. The molecule has 1 aromatic carbocycles. The fourth-order valence-corrected chi connectivity index (χ4v) is 2.47. The molecule has 1 saturated carbocycles. The fraction of sp³-hybridized carbons (Fsp3) is 0.294. The predicted molar refractivity (Wildman–Crippen MR) is 88.8 cm³/mol. The Morgan fingerprint density at radius 2 is 1.96 bits per heavy atom. The van der Waals surface area contributed by atoms with Gasteiger partial charge < -0.3 is 11.1 Å². The van der Waals surface area contributed by atoms with Gasteiger partial charge in [-0.25, -0.2) is 4.68 Å². The zero-order valence-electron chi connectivity index (χ0n) is 13.2. The summed E-state index contributed by atoms with van der Waals surface area (Å²) >= 11 is 0. The zero-order chi connectivity index (χ0) is 17.3. The van der Waals surface area contributed by atoms with Crippen molar-refractivity contribution in [3.05, 3.63) is 58.0 Å². The maximum absolute atomic E-state index is 12.5. The van der Waals surface area contributed by atoms with Gasteiger partial charge in [0.05, 0.1) is 16.9 Å². The van der Waals surface area contributed by atoms with Gasteiger partial charge in [-0.1, -0.05) is 12.1 Å². The van der Waals surface area contributed by atoms with Gasteiger partial charge in [0.2, 0.25) is 5.91 Å². The predicted octanol–water partition coefficient (Wildman–Crippen LogP) is 1.42. The Morgan fingerprint density at radius 1 is 1.25 bits per heavy atom. The number of nitrogens with zero attached hydrogens (tertiary/aromatic N) is 2. The number of carbonyl (C=O) groups is 2. The Bertz CT molecular complexity index is 855. The smallest absolute Gasteiger partial charge is 0.267 e. The second-order valence-electron chi connectivity index (χ2n) is 5.89. The summed E-state index contributed by atoms with van der Waals surface area (Å²) in [6.45, 7) is 1.59. The SMILES string of the molecule is CC(C(=O)Nc1ccccc1C(N)=O)n1nc(C2CC2)ccc1=O. The number of hydrogen-bond donors (Lipinski definition) is 2. The maximum Gasteiger partial charge on any atom is 0.267 e. The van der Waals surface area contributed by atoms with Crippen molar-refractivity contribution in [3.63, 3.8) is 0 Å². The molecule has 1 fully saturated rings. The molecule has 0 radical (unpaired) electrons. The van der Waals surface area contributed by atoms with E-state index in [1.807, 2.05) is 0 Å². The topological polar surface area (TPSA) is 107 Å². The lowest BCUT2D eigenvalue weighted by atomic mass is 10.1. The summed E-state index contributed by atoms with van der Waals surface area (Å²) in [4.78, 5) is 35.9. The molecule has 0 bridgehead atoms. The highest BCUT2D eigenvalue weighted by Gasteiger charge is 2.27. The van der Waals surface area contributed by atoms with Crippen molar-refractivity contribution in [2.75, 3.05) is 5.32 Å². The maximum atomic E-state index is 12.5. The minimum Gasteiger partial charge on any atom is -0.366 e. The first-order valence-electron chi connectivity index (χ1n) is 7.77. The molecule has 1 aliphatic rings. The number of para-hydroxylation sites is 1. The van der Waals surface area contributed by atoms with E-state index in [2.05, 4.69) is 10.4 Å². The monoisotopic (exact) mass is 326 g/mol. The van der Waals surface area contributed by atoms with Gasteiger partial charge in [-0.3, -0.25) is 14.4 Å². The van der Waals surface area contributed by atoms with Crippen molar-refractivity contribution in [1.29, 1.82) is 0 Å². The molecule has 1 atom stereocenters. The molecule has 1 aliphatic carbocycles. The van der Waals surface area contributed by atoms with Gasteiger partial charge in [-0.15, -0.1) is 0 Å². The Morgan fingerprint density at radius 3 is 2.62 bits per heavy atom. The van der Waals surface area contributed by atoms with E-state index in [0.29, 0.717) is 11.6 Å². The number of rotatable bonds is 5. The highest BCUT2D eigenvalue weighted by atomic mass is 16.2. The third kappa shape index (κ3) is 3.19. The van der Waals surface area contributed by atoms with Crippen molar-refractivity contribution < 1.29 is 9.59 Å². The molecule has 1 aromatic heterocycles. The van der Waals surface area contributed by atoms with Crippen LogP contribution in [0.2, 0.25) is 0 Å². The van der Waals surface area contributed by atoms with Crippen molar-refractivity contribution >= 4 is 17.5 Å². The van der Waals surface area contributed by atoms with Gasteiger partial charge in [-0.2, -0.15) is 5.10 Å². The van der Waals surface area contributed by atoms with Crippen LogP contribution in [0.1, 0.15) is 47.8 Å². The van der Waals surface area contributed by atoms with E-state index < -0.39 is 17.9 Å². The molecule has 1 heterocycles. The molecule has 3 N–H and O–H groups in total. The van der Waals surface area contributed by atoms with Crippen molar-refractivity contribution in [1.82, 2.24) is 9.78 Å². The van der Waals surface area contributed by atoms with Crippen LogP contribution in [-0.4, -0.2) is 21.6 Å². The molecule has 0 aliphatic heterocycles. The quantitative estimate of drug-likeness (QED) is 0.866. The first-order chi connectivity index (χ1) is 11.5. The number of carbonyl (C=O) groups excluding carboxylic acids is 2. The van der Waals surface area contributed by atoms with Gasteiger partial charge in [-0.05, 0) is 38.0 Å². The second kappa shape index (κ2) is 6.27. The van der Waals surface area contributed by atoms with Crippen LogP contribution >= 0.6 is 0 Å².